The molecule has 0 bridgehead atoms. The molecule has 130 valence electrons. The summed E-state index contributed by atoms with van der Waals surface area (Å²) in [5.74, 6) is 1.67. The molecule has 1 aliphatic carbocycles. The summed E-state index contributed by atoms with van der Waals surface area (Å²) in [6.07, 6.45) is 3.89. The summed E-state index contributed by atoms with van der Waals surface area (Å²) < 4.78 is 6.96. The van der Waals surface area contributed by atoms with Gasteiger partial charge in [-0.25, -0.2) is 4.68 Å². The molecule has 3 rings (SSSR count). The van der Waals surface area contributed by atoms with Crippen molar-refractivity contribution < 1.29 is 9.84 Å². The number of aliphatic hydroxyl groups is 1. The van der Waals surface area contributed by atoms with Crippen LogP contribution < -0.4 is 10.1 Å². The van der Waals surface area contributed by atoms with Crippen LogP contribution in [-0.2, 0) is 5.54 Å². The topological polar surface area (TPSA) is 98.0 Å². The van der Waals surface area contributed by atoms with Gasteiger partial charge in [0.25, 0.3) is 0 Å². The first kappa shape index (κ1) is 16.6. The molecule has 2 aromatic rings. The van der Waals surface area contributed by atoms with E-state index in [2.05, 4.69) is 41.3 Å². The van der Waals surface area contributed by atoms with Gasteiger partial charge in [-0.15, -0.1) is 0 Å². The third-order valence-corrected chi connectivity index (χ3v) is 4.17. The Labute approximate surface area is 141 Å². The minimum atomic E-state index is -0.221. The fourth-order valence-electron chi connectivity index (χ4n) is 2.99. The van der Waals surface area contributed by atoms with Gasteiger partial charge in [-0.05, 0) is 40.0 Å². The molecule has 2 heterocycles. The Morgan fingerprint density at radius 1 is 1.33 bits per heavy atom. The number of methoxy groups -OCH3 is 1. The number of ether oxygens (including phenoxy) is 1. The molecule has 0 unspecified atom stereocenters. The minimum Gasteiger partial charge on any atom is -0.466 e. The molecule has 2 atom stereocenters. The first-order valence-electron chi connectivity index (χ1n) is 8.16. The summed E-state index contributed by atoms with van der Waals surface area (Å²) in [4.78, 5) is 4.24. The average molecular weight is 332 g/mol. The van der Waals surface area contributed by atoms with Crippen molar-refractivity contribution in [3.05, 3.63) is 18.0 Å². The minimum absolute atomic E-state index is 0.192. The predicted molar refractivity (Wildman–Crippen MR) is 89.5 cm³/mol. The summed E-state index contributed by atoms with van der Waals surface area (Å²) >= 11 is 0. The van der Waals surface area contributed by atoms with E-state index in [1.807, 2.05) is 10.7 Å². The van der Waals surface area contributed by atoms with Gasteiger partial charge in [0, 0.05) is 12.0 Å². The lowest BCUT2D eigenvalue weighted by atomic mass is 10.0. The van der Waals surface area contributed by atoms with Crippen LogP contribution >= 0.6 is 0 Å². The van der Waals surface area contributed by atoms with Gasteiger partial charge in [-0.1, -0.05) is 5.10 Å². The molecule has 2 N–H and O–H groups in total. The zero-order chi connectivity index (χ0) is 17.3. The molecular weight excluding hydrogens is 308 g/mol. The van der Waals surface area contributed by atoms with Crippen molar-refractivity contribution in [2.24, 2.45) is 0 Å². The third-order valence-electron chi connectivity index (χ3n) is 4.17. The molecule has 0 amide bonds. The molecule has 1 fully saturated rings. The highest BCUT2D eigenvalue weighted by Crippen LogP contribution is 2.36. The maximum absolute atomic E-state index is 9.80. The van der Waals surface area contributed by atoms with Crippen LogP contribution in [0, 0.1) is 0 Å². The van der Waals surface area contributed by atoms with Gasteiger partial charge in [0.2, 0.25) is 0 Å². The van der Waals surface area contributed by atoms with E-state index in [1.54, 1.807) is 6.20 Å². The third kappa shape index (κ3) is 3.48. The van der Waals surface area contributed by atoms with Crippen LogP contribution in [0.4, 0.5) is 11.6 Å². The Bertz CT molecular complexity index is 709. The van der Waals surface area contributed by atoms with Gasteiger partial charge in [0.15, 0.2) is 5.82 Å². The average Bonchev–Trinajstić information content (AvgIpc) is 3.13. The first-order chi connectivity index (χ1) is 11.4. The maximum Gasteiger partial charge on any atom is 0.337 e. The van der Waals surface area contributed by atoms with E-state index in [9.17, 15) is 5.11 Å². The highest BCUT2D eigenvalue weighted by atomic mass is 16.5. The second-order valence-electron chi connectivity index (χ2n) is 7.15. The smallest absolute Gasteiger partial charge is 0.337 e. The van der Waals surface area contributed by atoms with Gasteiger partial charge in [0.05, 0.1) is 30.6 Å². The lowest BCUT2D eigenvalue weighted by Crippen LogP contribution is -2.25. The highest BCUT2D eigenvalue weighted by molar-refractivity contribution is 5.52. The Balaban J connectivity index is 1.91. The summed E-state index contributed by atoms with van der Waals surface area (Å²) in [5.41, 5.74) is 0.806. The molecule has 8 nitrogen and oxygen atoms in total. The van der Waals surface area contributed by atoms with Crippen LogP contribution in [0.3, 0.4) is 0 Å². The van der Waals surface area contributed by atoms with Crippen LogP contribution in [0.1, 0.15) is 51.6 Å². The first-order valence-corrected chi connectivity index (χ1v) is 8.16. The maximum atomic E-state index is 9.80. The van der Waals surface area contributed by atoms with E-state index in [0.717, 1.165) is 30.8 Å². The Kier molecular flexibility index (Phi) is 4.40. The standard InChI is InChI=1S/C16H24N6O2/c1-16(2,3)22-14(18-13-9-17-20-15(19-13)24-4)8-12(21-22)10-5-6-11(23)7-10/h8-11,23H,5-7H2,1-4H3,(H,18,19,20)/t10-,11+/m0/s1. The highest BCUT2D eigenvalue weighted by Gasteiger charge is 2.29. The second kappa shape index (κ2) is 6.35. The van der Waals surface area contributed by atoms with Gasteiger partial charge in [-0.3, -0.25) is 0 Å². The molecule has 24 heavy (non-hydrogen) atoms. The van der Waals surface area contributed by atoms with E-state index in [4.69, 9.17) is 9.84 Å². The van der Waals surface area contributed by atoms with E-state index < -0.39 is 0 Å². The summed E-state index contributed by atoms with van der Waals surface area (Å²) in [6, 6.07) is 2.24. The van der Waals surface area contributed by atoms with Crippen molar-refractivity contribution in [1.82, 2.24) is 25.0 Å². The van der Waals surface area contributed by atoms with Gasteiger partial charge in [-0.2, -0.15) is 15.2 Å². The van der Waals surface area contributed by atoms with Crippen molar-refractivity contribution in [2.45, 2.75) is 57.6 Å². The Morgan fingerprint density at radius 3 is 2.75 bits per heavy atom. The molecule has 0 saturated heterocycles. The van der Waals surface area contributed by atoms with Crippen LogP contribution in [0.2, 0.25) is 0 Å². The summed E-state index contributed by atoms with van der Waals surface area (Å²) in [6.45, 7) is 6.28. The number of hydrogen-bond donors (Lipinski definition) is 2. The second-order valence-corrected chi connectivity index (χ2v) is 7.15. The van der Waals surface area contributed by atoms with E-state index >= 15 is 0 Å². The van der Waals surface area contributed by atoms with Crippen LogP contribution in [0.15, 0.2) is 12.3 Å². The van der Waals surface area contributed by atoms with Crippen molar-refractivity contribution in [2.75, 3.05) is 12.4 Å². The molecule has 1 saturated carbocycles. The fraction of sp³-hybridized carbons (Fsp3) is 0.625. The SMILES string of the molecule is COc1nncc(Nc2cc([C@H]3CC[C@@H](O)C3)nn2C(C)(C)C)n1. The van der Waals surface area contributed by atoms with Crippen molar-refractivity contribution in [3.8, 4) is 6.01 Å². The van der Waals surface area contributed by atoms with E-state index in [1.165, 1.54) is 7.11 Å². The van der Waals surface area contributed by atoms with E-state index in [0.29, 0.717) is 11.7 Å². The normalized spacial score (nSPS) is 21.0. The van der Waals surface area contributed by atoms with Gasteiger partial charge >= 0.3 is 6.01 Å². The van der Waals surface area contributed by atoms with Gasteiger partial charge < -0.3 is 15.2 Å². The predicted octanol–water partition coefficient (Wildman–Crippen LogP) is 2.20. The van der Waals surface area contributed by atoms with Crippen molar-refractivity contribution in [3.63, 3.8) is 0 Å². The fourth-order valence-corrected chi connectivity index (χ4v) is 2.99. The summed E-state index contributed by atoms with van der Waals surface area (Å²) in [7, 11) is 1.50. The lowest BCUT2D eigenvalue weighted by molar-refractivity contribution is 0.181. The summed E-state index contributed by atoms with van der Waals surface area (Å²) in [5, 5.41) is 25.5. The van der Waals surface area contributed by atoms with Crippen LogP contribution in [0.25, 0.3) is 0 Å². The molecule has 0 radical (unpaired) electrons. The molecule has 0 aliphatic heterocycles. The van der Waals surface area contributed by atoms with Crippen LogP contribution in [0.5, 0.6) is 6.01 Å². The Morgan fingerprint density at radius 2 is 2.12 bits per heavy atom. The number of aromatic nitrogens is 5. The molecule has 0 spiro atoms. The van der Waals surface area contributed by atoms with Crippen molar-refractivity contribution in [1.29, 1.82) is 0 Å². The number of aliphatic hydroxyl groups excluding tert-OH is 1. The molecule has 0 aromatic carbocycles. The quantitative estimate of drug-likeness (QED) is 0.885. The molecule has 8 heteroatoms. The molecule has 2 aromatic heterocycles. The number of nitrogens with zero attached hydrogens (tertiary/aromatic N) is 5. The molecular formula is C16H24N6O2. The number of anilines is 2. The molecule has 1 aliphatic rings. The number of hydrogen-bond acceptors (Lipinski definition) is 7. The number of nitrogens with one attached hydrogen (secondary N) is 1. The number of rotatable bonds is 4. The zero-order valence-corrected chi connectivity index (χ0v) is 14.5. The van der Waals surface area contributed by atoms with Crippen molar-refractivity contribution >= 4 is 11.6 Å². The van der Waals surface area contributed by atoms with Gasteiger partial charge in [0.1, 0.15) is 5.82 Å². The van der Waals surface area contributed by atoms with Crippen LogP contribution in [-0.4, -0.2) is 43.3 Å². The lowest BCUT2D eigenvalue weighted by Gasteiger charge is -2.22. The largest absolute Gasteiger partial charge is 0.466 e. The Hall–Kier alpha value is -2.22. The monoisotopic (exact) mass is 332 g/mol. The zero-order valence-electron chi connectivity index (χ0n) is 14.5. The van der Waals surface area contributed by atoms with E-state index in [-0.39, 0.29) is 17.7 Å².